The van der Waals surface area contributed by atoms with Crippen molar-refractivity contribution >= 4 is 17.8 Å². The van der Waals surface area contributed by atoms with Crippen LogP contribution in [0.5, 0.6) is 0 Å². The number of hydrogen-bond donors (Lipinski definition) is 1. The van der Waals surface area contributed by atoms with E-state index in [1.807, 2.05) is 60.7 Å². The standard InChI is InChI=1S/C28H34N2O7/c1-19(2)24(27(33)36-17-21-14-10-7-11-15-21)30-25(32)23(26(30)37-18-28(3,34-4)35-5)29-22(31)16-20-12-8-6-9-13-20/h6-15,23,26H,16-18H2,1-5H3,(H,29,31)/t23-,26-/m0/s1. The molecule has 37 heavy (non-hydrogen) atoms. The maximum absolute atomic E-state index is 13.3. The topological polar surface area (TPSA) is 103 Å². The Morgan fingerprint density at radius 1 is 0.946 bits per heavy atom. The van der Waals surface area contributed by atoms with E-state index < -0.39 is 29.9 Å². The van der Waals surface area contributed by atoms with E-state index in [4.69, 9.17) is 18.9 Å². The van der Waals surface area contributed by atoms with Crippen LogP contribution in [0.15, 0.2) is 71.9 Å². The van der Waals surface area contributed by atoms with Crippen LogP contribution in [0.4, 0.5) is 0 Å². The number of benzene rings is 2. The molecule has 2 amide bonds. The van der Waals surface area contributed by atoms with Crippen LogP contribution < -0.4 is 5.32 Å². The Labute approximate surface area is 217 Å². The zero-order valence-corrected chi connectivity index (χ0v) is 21.9. The van der Waals surface area contributed by atoms with Crippen LogP contribution in [-0.4, -0.2) is 61.6 Å². The van der Waals surface area contributed by atoms with E-state index in [9.17, 15) is 14.4 Å². The maximum atomic E-state index is 13.3. The van der Waals surface area contributed by atoms with Crippen molar-refractivity contribution in [3.05, 3.63) is 83.1 Å². The van der Waals surface area contributed by atoms with Crippen LogP contribution in [0.3, 0.4) is 0 Å². The fraction of sp³-hybridized carbons (Fsp3) is 0.393. The van der Waals surface area contributed by atoms with E-state index in [1.54, 1.807) is 20.8 Å². The maximum Gasteiger partial charge on any atom is 0.355 e. The molecule has 198 valence electrons. The number of likely N-dealkylation sites (tertiary alicyclic amines) is 1. The Kier molecular flexibility index (Phi) is 9.57. The number of allylic oxidation sites excluding steroid dienone is 1. The molecule has 0 aromatic heterocycles. The minimum absolute atomic E-state index is 0.0483. The highest BCUT2D eigenvalue weighted by Gasteiger charge is 2.53. The first-order chi connectivity index (χ1) is 17.7. The molecule has 1 saturated heterocycles. The number of nitrogens with one attached hydrogen (secondary N) is 1. The first kappa shape index (κ1) is 28.0. The van der Waals surface area contributed by atoms with Crippen molar-refractivity contribution in [2.24, 2.45) is 0 Å². The smallest absolute Gasteiger partial charge is 0.355 e. The molecule has 9 nitrogen and oxygen atoms in total. The Balaban J connectivity index is 1.78. The Bertz CT molecular complexity index is 1110. The van der Waals surface area contributed by atoms with Crippen molar-refractivity contribution < 1.29 is 33.3 Å². The van der Waals surface area contributed by atoms with Gasteiger partial charge < -0.3 is 24.3 Å². The lowest BCUT2D eigenvalue weighted by Gasteiger charge is -2.47. The minimum Gasteiger partial charge on any atom is -0.456 e. The fourth-order valence-corrected chi connectivity index (χ4v) is 3.78. The number of rotatable bonds is 12. The number of ether oxygens (including phenoxy) is 4. The second-order valence-electron chi connectivity index (χ2n) is 9.07. The van der Waals surface area contributed by atoms with Gasteiger partial charge in [0, 0.05) is 14.2 Å². The monoisotopic (exact) mass is 510 g/mol. The first-order valence-corrected chi connectivity index (χ1v) is 12.0. The van der Waals surface area contributed by atoms with Crippen LogP contribution in [-0.2, 0) is 46.4 Å². The van der Waals surface area contributed by atoms with E-state index in [-0.39, 0.29) is 31.2 Å². The number of carbonyl (C=O) groups excluding carboxylic acids is 3. The van der Waals surface area contributed by atoms with Crippen molar-refractivity contribution in [2.75, 3.05) is 20.8 Å². The molecule has 0 unspecified atom stereocenters. The molecule has 2 atom stereocenters. The summed E-state index contributed by atoms with van der Waals surface area (Å²) in [7, 11) is 2.94. The summed E-state index contributed by atoms with van der Waals surface area (Å²) in [6, 6.07) is 17.4. The third-order valence-corrected chi connectivity index (χ3v) is 6.07. The van der Waals surface area contributed by atoms with Crippen molar-refractivity contribution in [1.82, 2.24) is 10.2 Å². The molecule has 1 aliphatic heterocycles. The quantitative estimate of drug-likeness (QED) is 0.203. The highest BCUT2D eigenvalue weighted by molar-refractivity contribution is 6.01. The SMILES string of the molecule is COC(C)(CO[C@H]1[C@@H](NC(=O)Cc2ccccc2)C(=O)N1C(C(=O)OCc1ccccc1)=C(C)C)OC. The van der Waals surface area contributed by atoms with Crippen molar-refractivity contribution in [3.63, 3.8) is 0 Å². The van der Waals surface area contributed by atoms with Crippen LogP contribution in [0, 0.1) is 0 Å². The first-order valence-electron chi connectivity index (χ1n) is 12.0. The summed E-state index contributed by atoms with van der Waals surface area (Å²) >= 11 is 0. The van der Waals surface area contributed by atoms with Gasteiger partial charge in [-0.3, -0.25) is 14.5 Å². The lowest BCUT2D eigenvalue weighted by Crippen LogP contribution is -2.72. The summed E-state index contributed by atoms with van der Waals surface area (Å²) in [5.74, 6) is -2.58. The number of methoxy groups -OCH3 is 2. The van der Waals surface area contributed by atoms with E-state index in [0.717, 1.165) is 11.1 Å². The number of esters is 1. The summed E-state index contributed by atoms with van der Waals surface area (Å²) in [6.07, 6.45) is -0.870. The Morgan fingerprint density at radius 3 is 2.05 bits per heavy atom. The second-order valence-corrected chi connectivity index (χ2v) is 9.07. The van der Waals surface area contributed by atoms with Gasteiger partial charge in [-0.25, -0.2) is 4.79 Å². The van der Waals surface area contributed by atoms with Gasteiger partial charge in [0.15, 0.2) is 18.1 Å². The van der Waals surface area contributed by atoms with E-state index in [2.05, 4.69) is 5.32 Å². The molecule has 1 heterocycles. The number of nitrogens with zero attached hydrogens (tertiary/aromatic N) is 1. The van der Waals surface area contributed by atoms with E-state index in [1.165, 1.54) is 19.1 Å². The molecule has 0 spiro atoms. The average Bonchev–Trinajstić information content (AvgIpc) is 2.91. The molecule has 0 bridgehead atoms. The van der Waals surface area contributed by atoms with Gasteiger partial charge in [0.05, 0.1) is 6.42 Å². The summed E-state index contributed by atoms with van der Waals surface area (Å²) < 4.78 is 22.2. The van der Waals surface area contributed by atoms with Crippen molar-refractivity contribution in [1.29, 1.82) is 0 Å². The molecule has 2 aromatic rings. The number of carbonyl (C=O) groups is 3. The van der Waals surface area contributed by atoms with Gasteiger partial charge in [0.1, 0.15) is 18.9 Å². The molecule has 0 aliphatic carbocycles. The third kappa shape index (κ3) is 7.03. The predicted octanol–water partition coefficient (Wildman–Crippen LogP) is 2.95. The summed E-state index contributed by atoms with van der Waals surface area (Å²) in [5, 5.41) is 2.75. The van der Waals surface area contributed by atoms with Gasteiger partial charge in [-0.2, -0.15) is 0 Å². The zero-order chi connectivity index (χ0) is 27.0. The third-order valence-electron chi connectivity index (χ3n) is 6.07. The molecule has 1 aliphatic rings. The van der Waals surface area contributed by atoms with Gasteiger partial charge in [-0.15, -0.1) is 0 Å². The molecule has 3 rings (SSSR count). The number of β-lactam (4-membered cyclic amide) rings is 1. The van der Waals surface area contributed by atoms with Gasteiger partial charge in [-0.05, 0) is 37.5 Å². The normalized spacial score (nSPS) is 17.1. The lowest BCUT2D eigenvalue weighted by molar-refractivity contribution is -0.249. The zero-order valence-electron chi connectivity index (χ0n) is 21.9. The van der Waals surface area contributed by atoms with Crippen molar-refractivity contribution in [2.45, 2.75) is 51.9 Å². The molecule has 1 fully saturated rings. The number of hydrogen-bond acceptors (Lipinski definition) is 7. The van der Waals surface area contributed by atoms with Crippen LogP contribution in [0.25, 0.3) is 0 Å². The van der Waals surface area contributed by atoms with Gasteiger partial charge in [-0.1, -0.05) is 60.7 Å². The number of amides is 2. The van der Waals surface area contributed by atoms with Crippen LogP contribution >= 0.6 is 0 Å². The lowest BCUT2D eigenvalue weighted by atomic mass is 10.0. The van der Waals surface area contributed by atoms with E-state index >= 15 is 0 Å². The molecule has 1 N–H and O–H groups in total. The average molecular weight is 511 g/mol. The van der Waals surface area contributed by atoms with Crippen molar-refractivity contribution in [3.8, 4) is 0 Å². The minimum atomic E-state index is -1.10. The summed E-state index contributed by atoms with van der Waals surface area (Å²) in [6.45, 7) is 5.08. The van der Waals surface area contributed by atoms with Crippen LogP contribution in [0.2, 0.25) is 0 Å². The van der Waals surface area contributed by atoms with E-state index in [0.29, 0.717) is 5.57 Å². The van der Waals surface area contributed by atoms with Gasteiger partial charge in [0.2, 0.25) is 5.91 Å². The van der Waals surface area contributed by atoms with Gasteiger partial charge >= 0.3 is 5.97 Å². The molecular formula is C28H34N2O7. The highest BCUT2D eigenvalue weighted by atomic mass is 16.7. The predicted molar refractivity (Wildman–Crippen MR) is 136 cm³/mol. The highest BCUT2D eigenvalue weighted by Crippen LogP contribution is 2.30. The molecule has 2 aromatic carbocycles. The largest absolute Gasteiger partial charge is 0.456 e. The Hall–Kier alpha value is -3.53. The summed E-state index contributed by atoms with van der Waals surface area (Å²) in [4.78, 5) is 40.3. The fourth-order valence-electron chi connectivity index (χ4n) is 3.78. The Morgan fingerprint density at radius 2 is 1.51 bits per heavy atom. The molecule has 9 heteroatoms. The molecule has 0 saturated carbocycles. The summed E-state index contributed by atoms with van der Waals surface area (Å²) in [5.41, 5.74) is 2.25. The molecule has 0 radical (unpaired) electrons. The molecular weight excluding hydrogens is 476 g/mol. The second kappa shape index (κ2) is 12.6. The van der Waals surface area contributed by atoms with Crippen LogP contribution in [0.1, 0.15) is 31.9 Å². The van der Waals surface area contributed by atoms with Gasteiger partial charge in [0.25, 0.3) is 5.91 Å².